The van der Waals surface area contributed by atoms with Crippen LogP contribution in [0.25, 0.3) is 0 Å². The zero-order valence-corrected chi connectivity index (χ0v) is 18.0. The van der Waals surface area contributed by atoms with E-state index in [0.717, 1.165) is 5.56 Å². The maximum absolute atomic E-state index is 14.7. The highest BCUT2D eigenvalue weighted by Crippen LogP contribution is 2.33. The first-order chi connectivity index (χ1) is 15.2. The number of pyridine rings is 1. The van der Waals surface area contributed by atoms with Crippen LogP contribution in [-0.4, -0.2) is 41.8 Å². The van der Waals surface area contributed by atoms with Gasteiger partial charge in [0.15, 0.2) is 0 Å². The summed E-state index contributed by atoms with van der Waals surface area (Å²) in [6.45, 7) is 2.63. The maximum atomic E-state index is 14.7. The topological polar surface area (TPSA) is 91.4 Å². The summed E-state index contributed by atoms with van der Waals surface area (Å²) in [7, 11) is 0. The fourth-order valence-corrected chi connectivity index (χ4v) is 4.08. The molecule has 32 heavy (non-hydrogen) atoms. The van der Waals surface area contributed by atoms with Crippen LogP contribution in [0.4, 0.5) is 14.5 Å². The van der Waals surface area contributed by atoms with E-state index in [1.807, 2.05) is 6.92 Å². The molecule has 0 saturated carbocycles. The molecule has 1 aromatic carbocycles. The SMILES string of the molecule is Cc1cc(CC(=O)NC2CN(c3cc(F)c(C4CCC(=O)NC4=O)c(F)c3)C2)ncc1Cl. The largest absolute Gasteiger partial charge is 0.367 e. The Morgan fingerprint density at radius 1 is 1.25 bits per heavy atom. The number of nitrogens with one attached hydrogen (secondary N) is 2. The van der Waals surface area contributed by atoms with Crippen molar-refractivity contribution < 1.29 is 23.2 Å². The van der Waals surface area contributed by atoms with Crippen molar-refractivity contribution in [3.8, 4) is 0 Å². The lowest BCUT2D eigenvalue weighted by molar-refractivity contribution is -0.134. The smallest absolute Gasteiger partial charge is 0.234 e. The van der Waals surface area contributed by atoms with Gasteiger partial charge >= 0.3 is 0 Å². The monoisotopic (exact) mass is 462 g/mol. The molecule has 0 aliphatic carbocycles. The van der Waals surface area contributed by atoms with Crippen molar-refractivity contribution in [2.24, 2.45) is 0 Å². The van der Waals surface area contributed by atoms with Crippen LogP contribution in [-0.2, 0) is 20.8 Å². The number of amides is 3. The van der Waals surface area contributed by atoms with Crippen molar-refractivity contribution in [2.45, 2.75) is 38.1 Å². The summed E-state index contributed by atoms with van der Waals surface area (Å²) in [4.78, 5) is 41.4. The van der Waals surface area contributed by atoms with Gasteiger partial charge in [0.05, 0.1) is 29.1 Å². The van der Waals surface area contributed by atoms with Crippen LogP contribution >= 0.6 is 11.6 Å². The normalized spacial score (nSPS) is 18.9. The van der Waals surface area contributed by atoms with Crippen LogP contribution in [0.15, 0.2) is 24.4 Å². The van der Waals surface area contributed by atoms with Crippen molar-refractivity contribution in [3.63, 3.8) is 0 Å². The number of piperidine rings is 1. The summed E-state index contributed by atoms with van der Waals surface area (Å²) >= 11 is 5.94. The zero-order chi connectivity index (χ0) is 23.0. The molecule has 2 N–H and O–H groups in total. The number of aryl methyl sites for hydroxylation is 1. The van der Waals surface area contributed by atoms with Crippen LogP contribution in [0, 0.1) is 18.6 Å². The molecular formula is C22H21ClF2N4O3. The third kappa shape index (κ3) is 4.57. The van der Waals surface area contributed by atoms with Crippen LogP contribution in [0.2, 0.25) is 5.02 Å². The van der Waals surface area contributed by atoms with Crippen molar-refractivity contribution in [1.82, 2.24) is 15.6 Å². The summed E-state index contributed by atoms with van der Waals surface area (Å²) in [5, 5.41) is 5.53. The van der Waals surface area contributed by atoms with Crippen LogP contribution in [0.3, 0.4) is 0 Å². The van der Waals surface area contributed by atoms with E-state index in [-0.39, 0.29) is 36.8 Å². The number of imide groups is 1. The highest BCUT2D eigenvalue weighted by atomic mass is 35.5. The van der Waals surface area contributed by atoms with Gasteiger partial charge < -0.3 is 10.2 Å². The number of carbonyl (C=O) groups is 3. The molecular weight excluding hydrogens is 442 g/mol. The molecule has 2 aromatic rings. The molecule has 2 saturated heterocycles. The first-order valence-corrected chi connectivity index (χ1v) is 10.6. The van der Waals surface area contributed by atoms with Crippen molar-refractivity contribution in [2.75, 3.05) is 18.0 Å². The molecule has 0 bridgehead atoms. The molecule has 0 spiro atoms. The van der Waals surface area contributed by atoms with Crippen molar-refractivity contribution >= 4 is 35.0 Å². The van der Waals surface area contributed by atoms with Gasteiger partial charge in [0.25, 0.3) is 0 Å². The Hall–Kier alpha value is -3.07. The van der Waals surface area contributed by atoms with Crippen molar-refractivity contribution in [1.29, 1.82) is 0 Å². The molecule has 2 fully saturated rings. The number of nitrogens with zero attached hydrogens (tertiary/aromatic N) is 2. The van der Waals surface area contributed by atoms with Crippen LogP contribution in [0.1, 0.15) is 35.6 Å². The Morgan fingerprint density at radius 3 is 2.56 bits per heavy atom. The lowest BCUT2D eigenvalue weighted by Crippen LogP contribution is -2.59. The third-order valence-corrected chi connectivity index (χ3v) is 6.10. The number of rotatable bonds is 5. The molecule has 168 valence electrons. The summed E-state index contributed by atoms with van der Waals surface area (Å²) < 4.78 is 29.4. The van der Waals surface area contributed by atoms with Gasteiger partial charge in [-0.3, -0.25) is 24.7 Å². The van der Waals surface area contributed by atoms with E-state index < -0.39 is 29.4 Å². The van der Waals surface area contributed by atoms with Gasteiger partial charge in [-0.2, -0.15) is 0 Å². The lowest BCUT2D eigenvalue weighted by Gasteiger charge is -2.41. The summed E-state index contributed by atoms with van der Waals surface area (Å²) in [5.41, 5.74) is 1.45. The predicted octanol–water partition coefficient (Wildman–Crippen LogP) is 2.39. The van der Waals surface area contributed by atoms with Crippen LogP contribution in [0.5, 0.6) is 0 Å². The first-order valence-electron chi connectivity index (χ1n) is 10.2. The number of benzene rings is 1. The minimum absolute atomic E-state index is 0.0374. The number of hydrogen-bond acceptors (Lipinski definition) is 5. The molecule has 2 aliphatic rings. The average molecular weight is 463 g/mol. The lowest BCUT2D eigenvalue weighted by atomic mass is 9.89. The third-order valence-electron chi connectivity index (χ3n) is 5.71. The molecule has 10 heteroatoms. The van der Waals surface area contributed by atoms with E-state index in [1.165, 1.54) is 18.3 Å². The summed E-state index contributed by atoms with van der Waals surface area (Å²) in [6, 6.07) is 3.96. The maximum Gasteiger partial charge on any atom is 0.234 e. The van der Waals surface area contributed by atoms with Gasteiger partial charge in [-0.25, -0.2) is 8.78 Å². The standard InChI is InChI=1S/C22H21ClF2N4O3/c1-11-4-12(26-8-16(11)23)5-20(31)27-13-9-29(10-13)14-6-17(24)21(18(25)7-14)15-2-3-19(30)28-22(15)32/h4,6-8,13,15H,2-3,5,9-10H2,1H3,(H,27,31)(H,28,30,32). The number of hydrogen-bond donors (Lipinski definition) is 2. The molecule has 1 atom stereocenters. The second kappa shape index (κ2) is 8.82. The van der Waals surface area contributed by atoms with Gasteiger partial charge in [0.2, 0.25) is 17.7 Å². The second-order valence-electron chi connectivity index (χ2n) is 8.10. The van der Waals surface area contributed by atoms with E-state index in [9.17, 15) is 23.2 Å². The molecule has 3 heterocycles. The number of halogens is 3. The Labute approximate surface area is 188 Å². The zero-order valence-electron chi connectivity index (χ0n) is 17.3. The van der Waals surface area contributed by atoms with E-state index in [2.05, 4.69) is 15.6 Å². The molecule has 1 unspecified atom stereocenters. The van der Waals surface area contributed by atoms with Gasteiger partial charge in [-0.05, 0) is 37.1 Å². The van der Waals surface area contributed by atoms with E-state index in [0.29, 0.717) is 29.5 Å². The van der Waals surface area contributed by atoms with Gasteiger partial charge in [-0.1, -0.05) is 11.6 Å². The average Bonchev–Trinajstić information content (AvgIpc) is 2.68. The summed E-state index contributed by atoms with van der Waals surface area (Å²) in [5.74, 6) is -4.02. The van der Waals surface area contributed by atoms with Gasteiger partial charge in [0, 0.05) is 37.0 Å². The van der Waals surface area contributed by atoms with Crippen molar-refractivity contribution in [3.05, 3.63) is 57.9 Å². The molecule has 0 radical (unpaired) electrons. The second-order valence-corrected chi connectivity index (χ2v) is 8.51. The Morgan fingerprint density at radius 2 is 1.94 bits per heavy atom. The van der Waals surface area contributed by atoms with Crippen LogP contribution < -0.4 is 15.5 Å². The fraction of sp³-hybridized carbons (Fsp3) is 0.364. The number of aromatic nitrogens is 1. The molecule has 7 nitrogen and oxygen atoms in total. The Kier molecular flexibility index (Phi) is 6.10. The Bertz CT molecular complexity index is 1080. The van der Waals surface area contributed by atoms with E-state index in [1.54, 1.807) is 11.0 Å². The highest BCUT2D eigenvalue weighted by Gasteiger charge is 2.34. The Balaban J connectivity index is 1.35. The summed E-state index contributed by atoms with van der Waals surface area (Å²) in [6.07, 6.45) is 1.72. The van der Waals surface area contributed by atoms with Gasteiger partial charge in [0.1, 0.15) is 11.6 Å². The molecule has 3 amide bonds. The molecule has 4 rings (SSSR count). The minimum Gasteiger partial charge on any atom is -0.367 e. The van der Waals surface area contributed by atoms with E-state index >= 15 is 0 Å². The fourth-order valence-electron chi connectivity index (χ4n) is 3.97. The minimum atomic E-state index is -1.03. The number of anilines is 1. The highest BCUT2D eigenvalue weighted by molar-refractivity contribution is 6.31. The molecule has 1 aromatic heterocycles. The molecule has 2 aliphatic heterocycles. The predicted molar refractivity (Wildman–Crippen MR) is 113 cm³/mol. The quantitative estimate of drug-likeness (QED) is 0.666. The van der Waals surface area contributed by atoms with E-state index in [4.69, 9.17) is 11.6 Å². The first kappa shape index (κ1) is 22.1. The van der Waals surface area contributed by atoms with Gasteiger partial charge in [-0.15, -0.1) is 0 Å². The number of carbonyl (C=O) groups excluding carboxylic acids is 3.